The molecule has 0 aromatic carbocycles. The molecule has 0 bridgehead atoms. The lowest BCUT2D eigenvalue weighted by Crippen LogP contribution is -2.38. The lowest BCUT2D eigenvalue weighted by Gasteiger charge is -2.31. The molecule has 2 amide bonds. The van der Waals surface area contributed by atoms with E-state index in [2.05, 4.69) is 15.2 Å². The highest BCUT2D eigenvalue weighted by atomic mass is 16.3. The number of H-pyrrole nitrogens is 2. The molecule has 0 saturated carbocycles. The Hall–Kier alpha value is -3.10. The van der Waals surface area contributed by atoms with E-state index in [0.29, 0.717) is 25.9 Å². The van der Waals surface area contributed by atoms with Gasteiger partial charge in [-0.05, 0) is 18.9 Å². The molecule has 0 aliphatic carbocycles. The van der Waals surface area contributed by atoms with Crippen LogP contribution < -0.4 is 11.3 Å². The summed E-state index contributed by atoms with van der Waals surface area (Å²) in [5, 5.41) is 16.1. The van der Waals surface area contributed by atoms with E-state index in [1.165, 1.54) is 12.1 Å². The molecule has 9 nitrogen and oxygen atoms in total. The first-order valence-electron chi connectivity index (χ1n) is 7.52. The summed E-state index contributed by atoms with van der Waals surface area (Å²) in [4.78, 5) is 38.7. The van der Waals surface area contributed by atoms with E-state index < -0.39 is 11.5 Å². The number of aromatic amines is 2. The molecule has 3 heterocycles. The van der Waals surface area contributed by atoms with Gasteiger partial charge in [-0.1, -0.05) is 0 Å². The van der Waals surface area contributed by atoms with Gasteiger partial charge in [0, 0.05) is 36.8 Å². The van der Waals surface area contributed by atoms with Crippen LogP contribution in [-0.4, -0.2) is 50.1 Å². The Morgan fingerprint density at radius 3 is 2.54 bits per heavy atom. The maximum Gasteiger partial charge on any atom is 0.269 e. The summed E-state index contributed by atoms with van der Waals surface area (Å²) in [6.07, 6.45) is 1.39. The van der Waals surface area contributed by atoms with Gasteiger partial charge in [0.2, 0.25) is 0 Å². The molecular weight excluding hydrogens is 314 g/mol. The second kappa shape index (κ2) is 6.19. The van der Waals surface area contributed by atoms with Crippen molar-refractivity contribution in [3.8, 4) is 5.88 Å². The molecule has 1 aliphatic heterocycles. The predicted molar refractivity (Wildman–Crippen MR) is 83.7 cm³/mol. The summed E-state index contributed by atoms with van der Waals surface area (Å²) >= 11 is 0. The van der Waals surface area contributed by atoms with Gasteiger partial charge in [0.1, 0.15) is 5.69 Å². The number of nitrogens with two attached hydrogens (primary N) is 1. The van der Waals surface area contributed by atoms with Crippen molar-refractivity contribution in [2.75, 3.05) is 13.1 Å². The first-order chi connectivity index (χ1) is 11.4. The van der Waals surface area contributed by atoms with Crippen molar-refractivity contribution in [2.45, 2.75) is 18.8 Å². The average molecular weight is 331 g/mol. The van der Waals surface area contributed by atoms with E-state index in [1.807, 2.05) is 0 Å². The third kappa shape index (κ3) is 3.14. The van der Waals surface area contributed by atoms with Crippen molar-refractivity contribution in [2.24, 2.45) is 5.73 Å². The Morgan fingerprint density at radius 2 is 1.96 bits per heavy atom. The summed E-state index contributed by atoms with van der Waals surface area (Å²) < 4.78 is 0. The fraction of sp³-hybridized carbons (Fsp3) is 0.333. The Labute approximate surface area is 136 Å². The van der Waals surface area contributed by atoms with Crippen molar-refractivity contribution in [1.82, 2.24) is 20.1 Å². The van der Waals surface area contributed by atoms with Crippen LogP contribution in [0.1, 0.15) is 45.3 Å². The molecule has 5 N–H and O–H groups in total. The summed E-state index contributed by atoms with van der Waals surface area (Å²) in [6, 6.07) is 4.05. The van der Waals surface area contributed by atoms with Crippen molar-refractivity contribution in [3.63, 3.8) is 0 Å². The number of carbonyl (C=O) groups excluding carboxylic acids is 2. The third-order valence-corrected chi connectivity index (χ3v) is 4.15. The summed E-state index contributed by atoms with van der Waals surface area (Å²) in [5.74, 6) is -1.06. The summed E-state index contributed by atoms with van der Waals surface area (Å²) in [7, 11) is 0. The first kappa shape index (κ1) is 15.8. The molecule has 1 fully saturated rings. The van der Waals surface area contributed by atoms with Gasteiger partial charge >= 0.3 is 0 Å². The van der Waals surface area contributed by atoms with Gasteiger partial charge in [0.05, 0.1) is 5.56 Å². The van der Waals surface area contributed by atoms with Gasteiger partial charge in [-0.3, -0.25) is 24.5 Å². The normalized spacial score (nSPS) is 15.4. The molecule has 3 rings (SSSR count). The zero-order valence-corrected chi connectivity index (χ0v) is 12.8. The minimum Gasteiger partial charge on any atom is -0.494 e. The fourth-order valence-corrected chi connectivity index (χ4v) is 2.90. The van der Waals surface area contributed by atoms with Crippen LogP contribution in [-0.2, 0) is 0 Å². The van der Waals surface area contributed by atoms with E-state index >= 15 is 0 Å². The molecule has 126 valence electrons. The maximum absolute atomic E-state index is 12.4. The van der Waals surface area contributed by atoms with Crippen molar-refractivity contribution >= 4 is 11.8 Å². The summed E-state index contributed by atoms with van der Waals surface area (Å²) in [6.45, 7) is 1.00. The minimum absolute atomic E-state index is 0.155. The maximum atomic E-state index is 12.4. The number of rotatable bonds is 3. The summed E-state index contributed by atoms with van der Waals surface area (Å²) in [5.41, 5.74) is 5.84. The number of piperidine rings is 1. The smallest absolute Gasteiger partial charge is 0.269 e. The van der Waals surface area contributed by atoms with Crippen molar-refractivity contribution in [3.05, 3.63) is 45.5 Å². The van der Waals surface area contributed by atoms with E-state index in [0.717, 1.165) is 5.69 Å². The monoisotopic (exact) mass is 331 g/mol. The highest BCUT2D eigenvalue weighted by Crippen LogP contribution is 2.27. The van der Waals surface area contributed by atoms with Crippen LogP contribution in [0.15, 0.2) is 23.0 Å². The van der Waals surface area contributed by atoms with Crippen LogP contribution in [0.4, 0.5) is 0 Å². The second-order valence-electron chi connectivity index (χ2n) is 5.76. The SMILES string of the molecule is NC(=O)c1cc(C2CCN(C(=O)c3cc(O)[nH]c(=O)c3)CC2)[nH]n1. The van der Waals surface area contributed by atoms with Crippen LogP contribution in [0, 0.1) is 0 Å². The molecule has 1 saturated heterocycles. The van der Waals surface area contributed by atoms with Gasteiger partial charge in [-0.15, -0.1) is 0 Å². The van der Waals surface area contributed by atoms with E-state index in [-0.39, 0.29) is 29.0 Å². The Bertz CT molecular complexity index is 832. The number of amides is 2. The first-order valence-corrected chi connectivity index (χ1v) is 7.52. The molecule has 2 aromatic heterocycles. The number of carbonyl (C=O) groups is 2. The average Bonchev–Trinajstić information content (AvgIpc) is 3.03. The lowest BCUT2D eigenvalue weighted by molar-refractivity contribution is 0.0711. The van der Waals surface area contributed by atoms with Crippen molar-refractivity contribution < 1.29 is 14.7 Å². The van der Waals surface area contributed by atoms with Gasteiger partial charge in [-0.2, -0.15) is 5.10 Å². The Morgan fingerprint density at radius 1 is 1.25 bits per heavy atom. The number of nitrogens with zero attached hydrogens (tertiary/aromatic N) is 2. The van der Waals surface area contributed by atoms with Crippen LogP contribution in [0.25, 0.3) is 0 Å². The zero-order valence-electron chi connectivity index (χ0n) is 12.8. The quantitative estimate of drug-likeness (QED) is 0.621. The van der Waals surface area contributed by atoms with E-state index in [1.54, 1.807) is 11.0 Å². The Balaban J connectivity index is 1.66. The fourth-order valence-electron chi connectivity index (χ4n) is 2.90. The molecule has 24 heavy (non-hydrogen) atoms. The van der Waals surface area contributed by atoms with Crippen LogP contribution in [0.5, 0.6) is 5.88 Å². The van der Waals surface area contributed by atoms with Gasteiger partial charge in [-0.25, -0.2) is 0 Å². The number of aromatic nitrogens is 3. The minimum atomic E-state index is -0.584. The number of hydrogen-bond acceptors (Lipinski definition) is 5. The van der Waals surface area contributed by atoms with E-state index in [9.17, 15) is 19.5 Å². The van der Waals surface area contributed by atoms with E-state index in [4.69, 9.17) is 5.73 Å². The third-order valence-electron chi connectivity index (χ3n) is 4.15. The standard InChI is InChI=1S/C15H17N5O4/c16-14(23)11-7-10(18-19-11)8-1-3-20(4-2-8)15(24)9-5-12(21)17-13(22)6-9/h5-8H,1-4H2,(H2,16,23)(H,18,19)(H2,17,21,22). The molecule has 0 radical (unpaired) electrons. The number of likely N-dealkylation sites (tertiary alicyclic amines) is 1. The topological polar surface area (TPSA) is 145 Å². The number of pyridine rings is 1. The molecule has 0 atom stereocenters. The number of hydrogen-bond donors (Lipinski definition) is 4. The molecule has 0 unspecified atom stereocenters. The van der Waals surface area contributed by atoms with Crippen molar-refractivity contribution in [1.29, 1.82) is 0 Å². The molecular formula is C15H17N5O4. The predicted octanol–water partition coefficient (Wildman–Crippen LogP) is -0.0777. The van der Waals surface area contributed by atoms with Gasteiger partial charge in [0.25, 0.3) is 17.4 Å². The zero-order chi connectivity index (χ0) is 17.3. The van der Waals surface area contributed by atoms with Gasteiger partial charge < -0.3 is 15.7 Å². The highest BCUT2D eigenvalue weighted by molar-refractivity contribution is 5.94. The van der Waals surface area contributed by atoms with Crippen LogP contribution in [0.3, 0.4) is 0 Å². The molecule has 0 spiro atoms. The molecule has 9 heteroatoms. The van der Waals surface area contributed by atoms with Crippen LogP contribution in [0.2, 0.25) is 0 Å². The lowest BCUT2D eigenvalue weighted by atomic mass is 9.93. The Kier molecular flexibility index (Phi) is 4.07. The van der Waals surface area contributed by atoms with Crippen LogP contribution >= 0.6 is 0 Å². The number of primary amides is 1. The van der Waals surface area contributed by atoms with Gasteiger partial charge in [0.15, 0.2) is 5.88 Å². The second-order valence-corrected chi connectivity index (χ2v) is 5.76. The molecule has 2 aromatic rings. The molecule has 1 aliphatic rings. The highest BCUT2D eigenvalue weighted by Gasteiger charge is 2.26. The number of nitrogens with one attached hydrogen (secondary N) is 2. The largest absolute Gasteiger partial charge is 0.494 e. The number of aromatic hydroxyl groups is 1.